The highest BCUT2D eigenvalue weighted by Crippen LogP contribution is 2.29. The maximum Gasteiger partial charge on any atom is 0.433 e. The van der Waals surface area contributed by atoms with Gasteiger partial charge in [-0.3, -0.25) is 4.68 Å². The van der Waals surface area contributed by atoms with Crippen LogP contribution in [0.1, 0.15) is 11.3 Å². The summed E-state index contributed by atoms with van der Waals surface area (Å²) in [6.45, 7) is 1.98. The van der Waals surface area contributed by atoms with Crippen LogP contribution >= 0.6 is 0 Å². The molecule has 2 heterocycles. The zero-order valence-electron chi connectivity index (χ0n) is 15.5. The number of halogens is 3. The van der Waals surface area contributed by atoms with Crippen LogP contribution in [0.4, 0.5) is 24.8 Å². The summed E-state index contributed by atoms with van der Waals surface area (Å²) < 4.78 is 62.4. The van der Waals surface area contributed by atoms with Gasteiger partial charge in [-0.05, 0) is 36.8 Å². The number of aromatic nitrogens is 5. The third-order valence-corrected chi connectivity index (χ3v) is 4.73. The lowest BCUT2D eigenvalue weighted by molar-refractivity contribution is -0.141. The standard InChI is InChI=1S/C17H17F3N6O2S/c1-11-7-12(14-10-26(25-24-14)5-6-29(2,27)28)9-13(8-11)22-16-21-4-3-15(23-16)17(18,19)20/h3-4,7-10H,5-6H2,1-2H3,(H,21,22,23). The van der Waals surface area contributed by atoms with Gasteiger partial charge in [0.25, 0.3) is 0 Å². The molecular formula is C17H17F3N6O2S. The van der Waals surface area contributed by atoms with E-state index in [1.165, 1.54) is 4.68 Å². The first-order valence-corrected chi connectivity index (χ1v) is 10.4. The first-order valence-electron chi connectivity index (χ1n) is 8.37. The van der Waals surface area contributed by atoms with Crippen molar-refractivity contribution in [1.82, 2.24) is 25.0 Å². The van der Waals surface area contributed by atoms with Gasteiger partial charge in [0.05, 0.1) is 18.5 Å². The molecule has 0 fully saturated rings. The summed E-state index contributed by atoms with van der Waals surface area (Å²) in [7, 11) is -3.13. The number of anilines is 2. The van der Waals surface area contributed by atoms with Gasteiger partial charge in [0.1, 0.15) is 21.2 Å². The molecule has 0 saturated carbocycles. The Morgan fingerprint density at radius 1 is 1.21 bits per heavy atom. The molecule has 154 valence electrons. The van der Waals surface area contributed by atoms with Crippen LogP contribution in [0, 0.1) is 6.92 Å². The normalized spacial score (nSPS) is 12.2. The Balaban J connectivity index is 1.83. The van der Waals surface area contributed by atoms with Gasteiger partial charge in [0.15, 0.2) is 0 Å². The molecule has 29 heavy (non-hydrogen) atoms. The lowest BCUT2D eigenvalue weighted by Gasteiger charge is -2.10. The first kappa shape index (κ1) is 20.7. The van der Waals surface area contributed by atoms with Gasteiger partial charge in [0, 0.05) is 23.7 Å². The van der Waals surface area contributed by atoms with E-state index in [1.54, 1.807) is 18.3 Å². The smallest absolute Gasteiger partial charge is 0.324 e. The van der Waals surface area contributed by atoms with E-state index in [4.69, 9.17) is 0 Å². The van der Waals surface area contributed by atoms with Crippen LogP contribution < -0.4 is 5.32 Å². The van der Waals surface area contributed by atoms with Crippen LogP contribution in [0.5, 0.6) is 0 Å². The number of hydrogen-bond acceptors (Lipinski definition) is 7. The number of aryl methyl sites for hydroxylation is 2. The Morgan fingerprint density at radius 3 is 2.66 bits per heavy atom. The van der Waals surface area contributed by atoms with E-state index in [2.05, 4.69) is 25.6 Å². The van der Waals surface area contributed by atoms with E-state index in [0.29, 0.717) is 16.9 Å². The third kappa shape index (κ3) is 5.73. The number of rotatable bonds is 6. The summed E-state index contributed by atoms with van der Waals surface area (Å²) in [5.41, 5.74) is 1.41. The van der Waals surface area contributed by atoms with Gasteiger partial charge < -0.3 is 5.32 Å². The Bertz CT molecular complexity index is 1130. The zero-order chi connectivity index (χ0) is 21.2. The quantitative estimate of drug-likeness (QED) is 0.647. The van der Waals surface area contributed by atoms with E-state index < -0.39 is 21.7 Å². The monoisotopic (exact) mass is 426 g/mol. The third-order valence-electron chi connectivity index (χ3n) is 3.81. The molecule has 1 N–H and O–H groups in total. The molecular weight excluding hydrogens is 409 g/mol. The van der Waals surface area contributed by atoms with Crippen molar-refractivity contribution in [2.45, 2.75) is 19.6 Å². The van der Waals surface area contributed by atoms with Crippen LogP contribution in [-0.4, -0.2) is 45.4 Å². The second kappa shape index (κ2) is 7.78. The molecule has 0 aliphatic carbocycles. The summed E-state index contributed by atoms with van der Waals surface area (Å²) in [6, 6.07) is 6.01. The number of nitrogens with zero attached hydrogens (tertiary/aromatic N) is 5. The zero-order valence-corrected chi connectivity index (χ0v) is 16.3. The number of benzene rings is 1. The molecule has 0 amide bonds. The van der Waals surface area contributed by atoms with Crippen molar-refractivity contribution in [1.29, 1.82) is 0 Å². The summed E-state index contributed by atoms with van der Waals surface area (Å²) in [6.07, 6.45) is -0.798. The second-order valence-corrected chi connectivity index (χ2v) is 8.73. The fourth-order valence-corrected chi connectivity index (χ4v) is 3.03. The fourth-order valence-electron chi connectivity index (χ4n) is 2.51. The molecule has 0 unspecified atom stereocenters. The van der Waals surface area contributed by atoms with E-state index in [-0.39, 0.29) is 18.2 Å². The van der Waals surface area contributed by atoms with Crippen molar-refractivity contribution >= 4 is 21.5 Å². The molecule has 8 nitrogen and oxygen atoms in total. The minimum Gasteiger partial charge on any atom is -0.324 e. The number of hydrogen-bond donors (Lipinski definition) is 1. The van der Waals surface area contributed by atoms with Crippen molar-refractivity contribution < 1.29 is 21.6 Å². The van der Waals surface area contributed by atoms with Gasteiger partial charge in [-0.2, -0.15) is 13.2 Å². The predicted molar refractivity (Wildman–Crippen MR) is 100 cm³/mol. The van der Waals surface area contributed by atoms with E-state index in [9.17, 15) is 21.6 Å². The van der Waals surface area contributed by atoms with Gasteiger partial charge >= 0.3 is 6.18 Å². The van der Waals surface area contributed by atoms with Crippen LogP contribution in [0.3, 0.4) is 0 Å². The molecule has 0 bridgehead atoms. The first-order chi connectivity index (χ1) is 13.5. The second-order valence-electron chi connectivity index (χ2n) is 6.47. The Kier molecular flexibility index (Phi) is 5.55. The van der Waals surface area contributed by atoms with Crippen molar-refractivity contribution in [3.8, 4) is 11.3 Å². The largest absolute Gasteiger partial charge is 0.433 e. The molecule has 0 saturated heterocycles. The Morgan fingerprint density at radius 2 is 1.97 bits per heavy atom. The highest BCUT2D eigenvalue weighted by Gasteiger charge is 2.32. The lowest BCUT2D eigenvalue weighted by Crippen LogP contribution is -2.11. The highest BCUT2D eigenvalue weighted by atomic mass is 32.2. The van der Waals surface area contributed by atoms with Gasteiger partial charge in [-0.25, -0.2) is 18.4 Å². The van der Waals surface area contributed by atoms with Gasteiger partial charge in [-0.1, -0.05) is 5.21 Å². The molecule has 0 aliphatic heterocycles. The summed E-state index contributed by atoms with van der Waals surface area (Å²) in [5, 5.41) is 10.7. The average molecular weight is 426 g/mol. The molecule has 1 aromatic carbocycles. The number of sulfone groups is 1. The minimum absolute atomic E-state index is 0.0662. The fraction of sp³-hybridized carbons (Fsp3) is 0.294. The minimum atomic E-state index is -4.57. The van der Waals surface area contributed by atoms with Crippen LogP contribution in [0.15, 0.2) is 36.7 Å². The number of alkyl halides is 3. The van der Waals surface area contributed by atoms with Gasteiger partial charge in [0.2, 0.25) is 5.95 Å². The molecule has 2 aromatic heterocycles. The maximum atomic E-state index is 12.8. The molecule has 0 aliphatic rings. The van der Waals surface area contributed by atoms with Crippen LogP contribution in [-0.2, 0) is 22.6 Å². The summed E-state index contributed by atoms with van der Waals surface area (Å²) in [4.78, 5) is 7.31. The summed E-state index contributed by atoms with van der Waals surface area (Å²) in [5.74, 6) is -0.253. The molecule has 12 heteroatoms. The Labute approximate surface area is 164 Å². The lowest BCUT2D eigenvalue weighted by atomic mass is 10.1. The predicted octanol–water partition coefficient (Wildman–Crippen LogP) is 2.85. The van der Waals surface area contributed by atoms with Crippen molar-refractivity contribution in [3.05, 3.63) is 47.9 Å². The molecule has 3 aromatic rings. The topological polar surface area (TPSA) is 103 Å². The molecule has 0 radical (unpaired) electrons. The molecule has 3 rings (SSSR count). The van der Waals surface area contributed by atoms with E-state index in [1.807, 2.05) is 13.0 Å². The maximum absolute atomic E-state index is 12.8. The van der Waals surface area contributed by atoms with E-state index >= 15 is 0 Å². The van der Waals surface area contributed by atoms with Crippen molar-refractivity contribution in [2.75, 3.05) is 17.3 Å². The van der Waals surface area contributed by atoms with Crippen LogP contribution in [0.25, 0.3) is 11.3 Å². The van der Waals surface area contributed by atoms with Crippen molar-refractivity contribution in [2.24, 2.45) is 0 Å². The Hall–Kier alpha value is -3.02. The molecule has 0 atom stereocenters. The van der Waals surface area contributed by atoms with Crippen LogP contribution in [0.2, 0.25) is 0 Å². The van der Waals surface area contributed by atoms with Crippen molar-refractivity contribution in [3.63, 3.8) is 0 Å². The average Bonchev–Trinajstić information content (AvgIpc) is 3.08. The van der Waals surface area contributed by atoms with E-state index in [0.717, 1.165) is 24.1 Å². The summed E-state index contributed by atoms with van der Waals surface area (Å²) >= 11 is 0. The van der Waals surface area contributed by atoms with Gasteiger partial charge in [-0.15, -0.1) is 5.10 Å². The molecule has 0 spiro atoms. The highest BCUT2D eigenvalue weighted by molar-refractivity contribution is 7.90. The SMILES string of the molecule is Cc1cc(Nc2nccc(C(F)(F)F)n2)cc(-c2cn(CCS(C)(=O)=O)nn2)c1. The number of nitrogens with one attached hydrogen (secondary N) is 1.